The summed E-state index contributed by atoms with van der Waals surface area (Å²) in [5.41, 5.74) is 4.81. The third-order valence-electron chi connectivity index (χ3n) is 6.78. The molecular weight excluding hydrogens is 492 g/mol. The van der Waals surface area contributed by atoms with Gasteiger partial charge in [0.15, 0.2) is 0 Å². The molecule has 2 aromatic carbocycles. The maximum atomic E-state index is 12.6. The smallest absolute Gasteiger partial charge is 0.217 e. The molecule has 0 aliphatic carbocycles. The molecule has 1 atom stereocenters. The van der Waals surface area contributed by atoms with Crippen LogP contribution in [-0.2, 0) is 18.3 Å². The van der Waals surface area contributed by atoms with Gasteiger partial charge in [0.1, 0.15) is 23.7 Å². The van der Waals surface area contributed by atoms with Gasteiger partial charge in [-0.2, -0.15) is 0 Å². The van der Waals surface area contributed by atoms with Crippen LogP contribution in [-0.4, -0.2) is 36.8 Å². The maximum Gasteiger partial charge on any atom is 0.217 e. The van der Waals surface area contributed by atoms with E-state index in [1.165, 1.54) is 4.90 Å². The summed E-state index contributed by atoms with van der Waals surface area (Å²) >= 11 is 0. The zero-order valence-electron chi connectivity index (χ0n) is 21.1. The highest BCUT2D eigenvalue weighted by molar-refractivity contribution is 5.89. The Morgan fingerprint density at radius 1 is 1.00 bits per heavy atom. The van der Waals surface area contributed by atoms with Gasteiger partial charge in [-0.3, -0.25) is 19.5 Å². The molecule has 0 saturated heterocycles. The second-order valence-electron chi connectivity index (χ2n) is 9.13. The van der Waals surface area contributed by atoms with Crippen molar-refractivity contribution in [1.29, 1.82) is 0 Å². The normalized spacial score (nSPS) is 11.9. The van der Waals surface area contributed by atoms with Crippen LogP contribution in [0.3, 0.4) is 0 Å². The van der Waals surface area contributed by atoms with E-state index < -0.39 is 6.04 Å². The Morgan fingerprint density at radius 2 is 1.87 bits per heavy atom. The fourth-order valence-electron chi connectivity index (χ4n) is 4.78. The molecule has 0 aliphatic rings. The molecule has 4 aromatic heterocycles. The zero-order chi connectivity index (χ0) is 26.8. The molecule has 9 nitrogen and oxygen atoms in total. The lowest BCUT2D eigenvalue weighted by molar-refractivity contribution is -0.108. The van der Waals surface area contributed by atoms with Crippen LogP contribution < -0.4 is 4.90 Å². The van der Waals surface area contributed by atoms with Crippen LogP contribution in [0.1, 0.15) is 27.9 Å². The van der Waals surface area contributed by atoms with Gasteiger partial charge < -0.3 is 13.6 Å². The molecule has 192 valence electrons. The van der Waals surface area contributed by atoms with E-state index in [0.717, 1.165) is 40.7 Å². The fraction of sp³-hybridized carbons (Fsp3) is 0.100. The number of carbonyl (C=O) groups excluding carboxylic acids is 2. The van der Waals surface area contributed by atoms with E-state index >= 15 is 0 Å². The number of benzene rings is 2. The molecule has 4 heterocycles. The topological polar surface area (TPSA) is 99.0 Å². The number of fused-ring (bicyclic) bond motifs is 1. The van der Waals surface area contributed by atoms with Crippen LogP contribution in [0.25, 0.3) is 27.9 Å². The third kappa shape index (κ3) is 4.61. The van der Waals surface area contributed by atoms with Crippen molar-refractivity contribution in [2.45, 2.75) is 12.5 Å². The number of amides is 1. The molecule has 0 saturated carbocycles. The van der Waals surface area contributed by atoms with Crippen molar-refractivity contribution in [2.24, 2.45) is 7.05 Å². The Hall–Kier alpha value is -5.31. The van der Waals surface area contributed by atoms with Crippen molar-refractivity contribution in [3.63, 3.8) is 0 Å². The van der Waals surface area contributed by atoms with E-state index in [2.05, 4.69) is 9.97 Å². The Labute approximate surface area is 224 Å². The molecule has 0 bridgehead atoms. The lowest BCUT2D eigenvalue weighted by Gasteiger charge is -2.26. The predicted octanol–water partition coefficient (Wildman–Crippen LogP) is 5.17. The van der Waals surface area contributed by atoms with Crippen molar-refractivity contribution < 1.29 is 14.0 Å². The number of pyridine rings is 1. The molecule has 0 fully saturated rings. The molecule has 0 spiro atoms. The van der Waals surface area contributed by atoms with Crippen LogP contribution >= 0.6 is 0 Å². The first kappa shape index (κ1) is 24.1. The van der Waals surface area contributed by atoms with Crippen molar-refractivity contribution >= 4 is 29.5 Å². The predicted molar refractivity (Wildman–Crippen MR) is 147 cm³/mol. The molecule has 0 radical (unpaired) electrons. The summed E-state index contributed by atoms with van der Waals surface area (Å²) in [6.45, 7) is 0. The van der Waals surface area contributed by atoms with Gasteiger partial charge >= 0.3 is 0 Å². The van der Waals surface area contributed by atoms with Gasteiger partial charge in [0.05, 0.1) is 18.2 Å². The lowest BCUT2D eigenvalue weighted by atomic mass is 10.1. The minimum Gasteiger partial charge on any atom is -0.440 e. The average Bonchev–Trinajstić information content (AvgIpc) is 3.73. The number of aldehydes is 1. The van der Waals surface area contributed by atoms with Gasteiger partial charge in [0, 0.05) is 60.5 Å². The standard InChI is InChI=1S/C30H24N6O3/c1-34-27(22-6-8-25(9-7-22)35-13-12-31-19-35)17-33-30(34)26(16-24-4-2-3-11-32-24)36(20-38)29-15-23-14-21(18-37)5-10-28(23)39-29/h2-15,17-20,26H,16H2,1H3. The summed E-state index contributed by atoms with van der Waals surface area (Å²) in [6.07, 6.45) is 10.9. The number of nitrogens with zero attached hydrogens (tertiary/aromatic N) is 6. The number of aromatic nitrogens is 5. The van der Waals surface area contributed by atoms with Crippen LogP contribution in [0, 0.1) is 0 Å². The number of hydrogen-bond donors (Lipinski definition) is 0. The SMILES string of the molecule is Cn1c(-c2ccc(-n3ccnc3)cc2)cnc1C(Cc1ccccn1)N(C=O)c1cc2cc(C=O)ccc2o1. The summed E-state index contributed by atoms with van der Waals surface area (Å²) in [6, 6.07) is 20.2. The summed E-state index contributed by atoms with van der Waals surface area (Å²) in [5.74, 6) is 1.04. The van der Waals surface area contributed by atoms with E-state index in [-0.39, 0.29) is 0 Å². The van der Waals surface area contributed by atoms with E-state index in [1.54, 1.807) is 43.0 Å². The molecule has 0 aliphatic heterocycles. The largest absolute Gasteiger partial charge is 0.440 e. The number of rotatable bonds is 9. The Bertz CT molecular complexity index is 1740. The second kappa shape index (κ2) is 10.2. The molecule has 9 heteroatoms. The summed E-state index contributed by atoms with van der Waals surface area (Å²) in [5, 5.41) is 0.733. The number of furan rings is 1. The quantitative estimate of drug-likeness (QED) is 0.246. The van der Waals surface area contributed by atoms with E-state index in [4.69, 9.17) is 9.40 Å². The fourth-order valence-corrected chi connectivity index (χ4v) is 4.78. The van der Waals surface area contributed by atoms with E-state index in [1.807, 2.05) is 71.0 Å². The van der Waals surface area contributed by atoms with Gasteiger partial charge in [-0.1, -0.05) is 18.2 Å². The van der Waals surface area contributed by atoms with Gasteiger partial charge in [0.2, 0.25) is 12.3 Å². The monoisotopic (exact) mass is 516 g/mol. The minimum absolute atomic E-state index is 0.359. The second-order valence-corrected chi connectivity index (χ2v) is 9.13. The molecule has 39 heavy (non-hydrogen) atoms. The van der Waals surface area contributed by atoms with Gasteiger partial charge in [0.25, 0.3) is 0 Å². The van der Waals surface area contributed by atoms with Crippen molar-refractivity contribution in [2.75, 3.05) is 4.90 Å². The summed E-state index contributed by atoms with van der Waals surface area (Å²) in [7, 11) is 1.94. The van der Waals surface area contributed by atoms with Crippen LogP contribution in [0.5, 0.6) is 0 Å². The highest BCUT2D eigenvalue weighted by atomic mass is 16.4. The lowest BCUT2D eigenvalue weighted by Crippen LogP contribution is -2.31. The number of imidazole rings is 2. The number of carbonyl (C=O) groups is 2. The van der Waals surface area contributed by atoms with Crippen LogP contribution in [0.2, 0.25) is 0 Å². The molecule has 6 rings (SSSR count). The first-order valence-corrected chi connectivity index (χ1v) is 12.4. The highest BCUT2D eigenvalue weighted by Gasteiger charge is 2.29. The molecule has 1 amide bonds. The summed E-state index contributed by atoms with van der Waals surface area (Å²) < 4.78 is 9.98. The third-order valence-corrected chi connectivity index (χ3v) is 6.78. The number of anilines is 1. The minimum atomic E-state index is -0.507. The van der Waals surface area contributed by atoms with Gasteiger partial charge in [-0.25, -0.2) is 9.97 Å². The van der Waals surface area contributed by atoms with Crippen molar-refractivity contribution in [3.05, 3.63) is 115 Å². The highest BCUT2D eigenvalue weighted by Crippen LogP contribution is 2.34. The Balaban J connectivity index is 1.40. The van der Waals surface area contributed by atoms with Crippen LogP contribution in [0.4, 0.5) is 5.88 Å². The van der Waals surface area contributed by atoms with E-state index in [0.29, 0.717) is 29.3 Å². The Kier molecular flexibility index (Phi) is 6.30. The molecule has 0 N–H and O–H groups in total. The average molecular weight is 517 g/mol. The van der Waals surface area contributed by atoms with Crippen LogP contribution in [0.15, 0.2) is 102 Å². The first-order valence-electron chi connectivity index (χ1n) is 12.4. The molecule has 6 aromatic rings. The van der Waals surface area contributed by atoms with Crippen molar-refractivity contribution in [1.82, 2.24) is 24.1 Å². The number of hydrogen-bond acceptors (Lipinski definition) is 6. The molecular formula is C30H24N6O3. The van der Waals surface area contributed by atoms with Crippen molar-refractivity contribution in [3.8, 4) is 16.9 Å². The zero-order valence-corrected chi connectivity index (χ0v) is 21.1. The molecule has 1 unspecified atom stereocenters. The van der Waals surface area contributed by atoms with Gasteiger partial charge in [-0.15, -0.1) is 0 Å². The maximum absolute atomic E-state index is 12.6. The summed E-state index contributed by atoms with van der Waals surface area (Å²) in [4.78, 5) is 38.8. The van der Waals surface area contributed by atoms with Gasteiger partial charge in [-0.05, 0) is 48.0 Å². The van der Waals surface area contributed by atoms with E-state index in [9.17, 15) is 9.59 Å². The first-order chi connectivity index (χ1) is 19.1. The Morgan fingerprint density at radius 3 is 2.59 bits per heavy atom.